The van der Waals surface area contributed by atoms with Gasteiger partial charge in [0.15, 0.2) is 17.3 Å². The Morgan fingerprint density at radius 3 is 2.82 bits per heavy atom. The first-order valence-corrected chi connectivity index (χ1v) is 5.26. The van der Waals surface area contributed by atoms with Crippen LogP contribution in [0.5, 0.6) is 5.75 Å². The zero-order valence-corrected chi connectivity index (χ0v) is 9.96. The van der Waals surface area contributed by atoms with Crippen molar-refractivity contribution in [2.75, 3.05) is 33.9 Å². The van der Waals surface area contributed by atoms with Gasteiger partial charge in [0, 0.05) is 13.7 Å². The molecule has 4 nitrogen and oxygen atoms in total. The number of halogens is 1. The third-order valence-corrected chi connectivity index (χ3v) is 2.25. The smallest absolute Gasteiger partial charge is 0.179 e. The molecule has 0 saturated carbocycles. The molecule has 0 aliphatic rings. The summed E-state index contributed by atoms with van der Waals surface area (Å²) in [7, 11) is 2.94. The van der Waals surface area contributed by atoms with E-state index in [1.54, 1.807) is 13.2 Å². The third kappa shape index (κ3) is 3.80. The molecule has 0 spiro atoms. The molecule has 1 N–H and O–H groups in total. The lowest BCUT2D eigenvalue weighted by atomic mass is 10.1. The lowest BCUT2D eigenvalue weighted by Gasteiger charge is -2.07. The first-order valence-electron chi connectivity index (χ1n) is 5.26. The summed E-state index contributed by atoms with van der Waals surface area (Å²) in [6.07, 6.45) is 0. The van der Waals surface area contributed by atoms with Crippen molar-refractivity contribution in [1.82, 2.24) is 5.32 Å². The van der Waals surface area contributed by atoms with Crippen molar-refractivity contribution in [3.05, 3.63) is 29.6 Å². The van der Waals surface area contributed by atoms with E-state index in [9.17, 15) is 9.18 Å². The summed E-state index contributed by atoms with van der Waals surface area (Å²) in [5.74, 6) is -0.848. The van der Waals surface area contributed by atoms with E-state index in [-0.39, 0.29) is 23.6 Å². The molecule has 0 radical (unpaired) electrons. The Morgan fingerprint density at radius 1 is 1.41 bits per heavy atom. The summed E-state index contributed by atoms with van der Waals surface area (Å²) >= 11 is 0. The Balaban J connectivity index is 2.62. The van der Waals surface area contributed by atoms with Crippen LogP contribution in [0.1, 0.15) is 10.4 Å². The molecule has 0 unspecified atom stereocenters. The molecule has 17 heavy (non-hydrogen) atoms. The number of Topliss-reactive ketones (excluding diaryl/α,β-unsaturated/α-hetero) is 1. The predicted molar refractivity (Wildman–Crippen MR) is 62.0 cm³/mol. The summed E-state index contributed by atoms with van der Waals surface area (Å²) < 4.78 is 23.3. The molecule has 0 aromatic heterocycles. The van der Waals surface area contributed by atoms with Gasteiger partial charge in [-0.25, -0.2) is 4.39 Å². The molecule has 0 atom stereocenters. The maximum absolute atomic E-state index is 13.7. The molecule has 1 aromatic carbocycles. The Labute approximate surface area is 99.7 Å². The van der Waals surface area contributed by atoms with Crippen molar-refractivity contribution in [3.63, 3.8) is 0 Å². The van der Waals surface area contributed by atoms with Crippen molar-refractivity contribution >= 4 is 5.78 Å². The average Bonchev–Trinajstić information content (AvgIpc) is 2.34. The van der Waals surface area contributed by atoms with E-state index in [1.807, 2.05) is 0 Å². The van der Waals surface area contributed by atoms with Gasteiger partial charge >= 0.3 is 0 Å². The largest absolute Gasteiger partial charge is 0.494 e. The van der Waals surface area contributed by atoms with E-state index in [0.29, 0.717) is 13.2 Å². The fourth-order valence-electron chi connectivity index (χ4n) is 1.36. The molecule has 0 saturated heterocycles. The Hall–Kier alpha value is -1.46. The lowest BCUT2D eigenvalue weighted by Crippen LogP contribution is -2.26. The number of carbonyl (C=O) groups excluding carboxylic acids is 1. The van der Waals surface area contributed by atoms with Crippen LogP contribution in [-0.4, -0.2) is 39.7 Å². The van der Waals surface area contributed by atoms with Gasteiger partial charge in [-0.3, -0.25) is 4.79 Å². The van der Waals surface area contributed by atoms with Crippen LogP contribution in [0, 0.1) is 5.82 Å². The minimum Gasteiger partial charge on any atom is -0.494 e. The van der Waals surface area contributed by atoms with Crippen LogP contribution in [0.25, 0.3) is 0 Å². The quantitative estimate of drug-likeness (QED) is 0.576. The lowest BCUT2D eigenvalue weighted by molar-refractivity contribution is 0.0983. The Bertz CT molecular complexity index is 382. The van der Waals surface area contributed by atoms with Crippen LogP contribution in [-0.2, 0) is 4.74 Å². The van der Waals surface area contributed by atoms with E-state index in [1.165, 1.54) is 19.2 Å². The van der Waals surface area contributed by atoms with Crippen molar-refractivity contribution in [3.8, 4) is 5.75 Å². The molecule has 0 bridgehead atoms. The van der Waals surface area contributed by atoms with Crippen molar-refractivity contribution in [2.24, 2.45) is 0 Å². The monoisotopic (exact) mass is 241 g/mol. The van der Waals surface area contributed by atoms with E-state index in [0.717, 1.165) is 0 Å². The van der Waals surface area contributed by atoms with Gasteiger partial charge in [0.1, 0.15) is 0 Å². The fourth-order valence-corrected chi connectivity index (χ4v) is 1.36. The van der Waals surface area contributed by atoms with Gasteiger partial charge in [-0.05, 0) is 12.1 Å². The average molecular weight is 241 g/mol. The van der Waals surface area contributed by atoms with Crippen molar-refractivity contribution in [1.29, 1.82) is 0 Å². The number of carbonyl (C=O) groups is 1. The normalized spacial score (nSPS) is 10.3. The maximum Gasteiger partial charge on any atom is 0.179 e. The SMILES string of the molecule is COCCNCC(=O)c1cccc(OC)c1F. The van der Waals surface area contributed by atoms with Crippen molar-refractivity contribution in [2.45, 2.75) is 0 Å². The van der Waals surface area contributed by atoms with E-state index < -0.39 is 5.82 Å². The Morgan fingerprint density at radius 2 is 2.18 bits per heavy atom. The van der Waals surface area contributed by atoms with E-state index in [4.69, 9.17) is 9.47 Å². The second-order valence-corrected chi connectivity index (χ2v) is 3.41. The standard InChI is InChI=1S/C12H16FNO3/c1-16-7-6-14-8-10(15)9-4-3-5-11(17-2)12(9)13/h3-5,14H,6-8H2,1-2H3. The highest BCUT2D eigenvalue weighted by Gasteiger charge is 2.14. The summed E-state index contributed by atoms with van der Waals surface area (Å²) in [5, 5.41) is 2.87. The van der Waals surface area contributed by atoms with E-state index in [2.05, 4.69) is 5.32 Å². The zero-order valence-electron chi connectivity index (χ0n) is 9.96. The number of ether oxygens (including phenoxy) is 2. The van der Waals surface area contributed by atoms with Gasteiger partial charge < -0.3 is 14.8 Å². The van der Waals surface area contributed by atoms with Gasteiger partial charge in [0.2, 0.25) is 0 Å². The molecule has 5 heteroatoms. The van der Waals surface area contributed by atoms with Crippen molar-refractivity contribution < 1.29 is 18.7 Å². The number of ketones is 1. The maximum atomic E-state index is 13.7. The minimum absolute atomic E-state index is 0.0364. The fraction of sp³-hybridized carbons (Fsp3) is 0.417. The van der Waals surface area contributed by atoms with Crippen LogP contribution >= 0.6 is 0 Å². The number of hydrogen-bond donors (Lipinski definition) is 1. The van der Waals surface area contributed by atoms with Gasteiger partial charge in [-0.15, -0.1) is 0 Å². The second-order valence-electron chi connectivity index (χ2n) is 3.41. The van der Waals surface area contributed by atoms with Crippen LogP contribution in [0.2, 0.25) is 0 Å². The summed E-state index contributed by atoms with van der Waals surface area (Å²) in [6, 6.07) is 4.51. The van der Waals surface area contributed by atoms with Crippen LogP contribution < -0.4 is 10.1 Å². The van der Waals surface area contributed by atoms with E-state index >= 15 is 0 Å². The van der Waals surface area contributed by atoms with Crippen LogP contribution in [0.4, 0.5) is 4.39 Å². The number of methoxy groups -OCH3 is 2. The second kappa shape index (κ2) is 6.98. The Kier molecular flexibility index (Phi) is 5.59. The molecule has 0 fully saturated rings. The van der Waals surface area contributed by atoms with Gasteiger partial charge in [-0.2, -0.15) is 0 Å². The molecule has 94 valence electrons. The molecule has 0 aliphatic heterocycles. The summed E-state index contributed by atoms with van der Waals surface area (Å²) in [6.45, 7) is 1.13. The molecule has 0 heterocycles. The molecule has 1 aromatic rings. The summed E-state index contributed by atoms with van der Waals surface area (Å²) in [4.78, 5) is 11.7. The number of hydrogen-bond acceptors (Lipinski definition) is 4. The number of benzene rings is 1. The number of rotatable bonds is 7. The first kappa shape index (κ1) is 13.6. The highest BCUT2D eigenvalue weighted by Crippen LogP contribution is 2.19. The third-order valence-electron chi connectivity index (χ3n) is 2.25. The summed E-state index contributed by atoms with van der Waals surface area (Å²) in [5.41, 5.74) is 0.0364. The van der Waals surface area contributed by atoms with Gasteiger partial charge in [0.25, 0.3) is 0 Å². The predicted octanol–water partition coefficient (Wildman–Crippen LogP) is 1.25. The molecule has 1 rings (SSSR count). The van der Waals surface area contributed by atoms with Crippen LogP contribution in [0.15, 0.2) is 18.2 Å². The molecule has 0 aliphatic carbocycles. The zero-order chi connectivity index (χ0) is 12.7. The molecular formula is C12H16FNO3. The molecular weight excluding hydrogens is 225 g/mol. The highest BCUT2D eigenvalue weighted by atomic mass is 19.1. The topological polar surface area (TPSA) is 47.6 Å². The first-order chi connectivity index (χ1) is 8.20. The number of nitrogens with one attached hydrogen (secondary N) is 1. The minimum atomic E-state index is -0.617. The van der Waals surface area contributed by atoms with Crippen LogP contribution in [0.3, 0.4) is 0 Å². The van der Waals surface area contributed by atoms with Gasteiger partial charge in [-0.1, -0.05) is 6.07 Å². The highest BCUT2D eigenvalue weighted by molar-refractivity contribution is 5.98. The van der Waals surface area contributed by atoms with Gasteiger partial charge in [0.05, 0.1) is 25.8 Å². The molecule has 0 amide bonds.